The topological polar surface area (TPSA) is 38.0 Å². The first-order chi connectivity index (χ1) is 8.74. The lowest BCUT2D eigenvalue weighted by molar-refractivity contribution is 0.370. The molecule has 1 aliphatic rings. The van der Waals surface area contributed by atoms with Crippen LogP contribution >= 0.6 is 12.2 Å². The molecule has 0 unspecified atom stereocenters. The van der Waals surface area contributed by atoms with E-state index in [1.54, 1.807) is 5.92 Å². The molecular weight excluding hydrogens is 240 g/mol. The largest absolute Gasteiger partial charge is 0.376 e. The van der Waals surface area contributed by atoms with Gasteiger partial charge in [0.1, 0.15) is 0 Å². The highest BCUT2D eigenvalue weighted by Gasteiger charge is 2.21. The van der Waals surface area contributed by atoms with Gasteiger partial charge < -0.3 is 11.1 Å². The Bertz CT molecular complexity index is 369. The highest BCUT2D eigenvalue weighted by molar-refractivity contribution is 7.80. The highest BCUT2D eigenvalue weighted by Crippen LogP contribution is 2.32. The summed E-state index contributed by atoms with van der Waals surface area (Å²) >= 11 is 4.84. The highest BCUT2D eigenvalue weighted by atomic mass is 32.1. The molecule has 2 rings (SSSR count). The third-order valence-electron chi connectivity index (χ3n) is 3.67. The van der Waals surface area contributed by atoms with Crippen molar-refractivity contribution in [2.24, 2.45) is 11.7 Å². The monoisotopic (exact) mass is 261 g/mol. The number of rotatable bonds is 4. The first-order valence-corrected chi connectivity index (χ1v) is 7.05. The molecule has 0 heterocycles. The Morgan fingerprint density at radius 2 is 1.89 bits per heavy atom. The zero-order valence-electron chi connectivity index (χ0n) is 10.7. The molecule has 0 aromatic heterocycles. The minimum absolute atomic E-state index is 0.425. The van der Waals surface area contributed by atoms with Crippen LogP contribution in [0.25, 0.3) is 0 Å². The Hall–Kier alpha value is -1.09. The van der Waals surface area contributed by atoms with E-state index in [-0.39, 0.29) is 0 Å². The summed E-state index contributed by atoms with van der Waals surface area (Å²) < 4.78 is 0. The van der Waals surface area contributed by atoms with E-state index in [0.29, 0.717) is 5.11 Å². The molecule has 0 saturated heterocycles. The third kappa shape index (κ3) is 4.30. The maximum atomic E-state index is 5.45. The predicted octanol–water partition coefficient (Wildman–Crippen LogP) is 2.83. The van der Waals surface area contributed by atoms with E-state index in [9.17, 15) is 0 Å². The van der Waals surface area contributed by atoms with Crippen LogP contribution < -0.4 is 11.1 Å². The fraction of sp³-hybridized carbons (Fsp3) is 0.467. The van der Waals surface area contributed by atoms with Crippen molar-refractivity contribution in [1.82, 2.24) is 5.32 Å². The Balaban J connectivity index is 1.72. The smallest absolute Gasteiger partial charge is 0.163 e. The molecule has 1 radical (unpaired) electrons. The van der Waals surface area contributed by atoms with Crippen LogP contribution in [0.4, 0.5) is 0 Å². The SMILES string of the molecule is NC(=S)NCC1CC[C](Cc2ccccc2)CC1. The zero-order chi connectivity index (χ0) is 12.8. The summed E-state index contributed by atoms with van der Waals surface area (Å²) in [5.41, 5.74) is 6.89. The van der Waals surface area contributed by atoms with Crippen molar-refractivity contribution in [1.29, 1.82) is 0 Å². The van der Waals surface area contributed by atoms with Gasteiger partial charge in [0.05, 0.1) is 0 Å². The average molecular weight is 261 g/mol. The minimum atomic E-state index is 0.425. The second-order valence-corrected chi connectivity index (χ2v) is 5.54. The summed E-state index contributed by atoms with van der Waals surface area (Å²) in [5, 5.41) is 3.50. The van der Waals surface area contributed by atoms with Gasteiger partial charge in [-0.1, -0.05) is 30.3 Å². The number of thiocarbonyl (C=S) groups is 1. The van der Waals surface area contributed by atoms with E-state index in [1.165, 1.54) is 31.2 Å². The zero-order valence-corrected chi connectivity index (χ0v) is 11.5. The summed E-state index contributed by atoms with van der Waals surface area (Å²) in [5.74, 6) is 2.42. The lowest BCUT2D eigenvalue weighted by Gasteiger charge is -2.28. The fourth-order valence-electron chi connectivity index (χ4n) is 2.60. The van der Waals surface area contributed by atoms with Crippen LogP contribution in [0.5, 0.6) is 0 Å². The van der Waals surface area contributed by atoms with Gasteiger partial charge in [-0.25, -0.2) is 0 Å². The van der Waals surface area contributed by atoms with Gasteiger partial charge in [-0.05, 0) is 61.7 Å². The Kier molecular flexibility index (Phi) is 5.00. The molecule has 1 aromatic rings. The maximum absolute atomic E-state index is 5.45. The molecule has 0 atom stereocenters. The number of hydrogen-bond donors (Lipinski definition) is 2. The van der Waals surface area contributed by atoms with E-state index in [1.807, 2.05) is 0 Å². The van der Waals surface area contributed by atoms with Crippen LogP contribution in [0, 0.1) is 11.8 Å². The summed E-state index contributed by atoms with van der Waals surface area (Å²) in [6.45, 7) is 0.938. The molecule has 0 bridgehead atoms. The summed E-state index contributed by atoms with van der Waals surface area (Å²) in [4.78, 5) is 0. The van der Waals surface area contributed by atoms with Crippen molar-refractivity contribution >= 4 is 17.3 Å². The molecule has 1 aromatic carbocycles. The molecule has 0 spiro atoms. The molecule has 18 heavy (non-hydrogen) atoms. The first-order valence-electron chi connectivity index (χ1n) is 6.65. The van der Waals surface area contributed by atoms with Crippen molar-refractivity contribution in [3.05, 3.63) is 41.8 Å². The van der Waals surface area contributed by atoms with E-state index >= 15 is 0 Å². The first kappa shape index (κ1) is 13.3. The Morgan fingerprint density at radius 3 is 2.50 bits per heavy atom. The molecule has 1 saturated carbocycles. The van der Waals surface area contributed by atoms with Gasteiger partial charge in [0.25, 0.3) is 0 Å². The van der Waals surface area contributed by atoms with E-state index < -0.39 is 0 Å². The summed E-state index contributed by atoms with van der Waals surface area (Å²) in [7, 11) is 0. The molecule has 3 N–H and O–H groups in total. The second-order valence-electron chi connectivity index (χ2n) is 5.10. The average Bonchev–Trinajstić information content (AvgIpc) is 2.39. The van der Waals surface area contributed by atoms with Crippen molar-refractivity contribution in [2.75, 3.05) is 6.54 Å². The van der Waals surface area contributed by atoms with Crippen molar-refractivity contribution in [2.45, 2.75) is 32.1 Å². The van der Waals surface area contributed by atoms with Crippen molar-refractivity contribution in [3.63, 3.8) is 0 Å². The van der Waals surface area contributed by atoms with Gasteiger partial charge in [0.2, 0.25) is 0 Å². The van der Waals surface area contributed by atoms with Crippen LogP contribution in [-0.4, -0.2) is 11.7 Å². The minimum Gasteiger partial charge on any atom is -0.376 e. The normalized spacial score (nSPS) is 17.6. The van der Waals surface area contributed by atoms with E-state index in [4.69, 9.17) is 18.0 Å². The van der Waals surface area contributed by atoms with E-state index in [2.05, 4.69) is 35.6 Å². The number of nitrogens with one attached hydrogen (secondary N) is 1. The number of benzene rings is 1. The lowest BCUT2D eigenvalue weighted by Crippen LogP contribution is -2.34. The number of hydrogen-bond acceptors (Lipinski definition) is 1. The molecule has 2 nitrogen and oxygen atoms in total. The molecule has 0 amide bonds. The van der Waals surface area contributed by atoms with Gasteiger partial charge in [0, 0.05) is 6.54 Å². The van der Waals surface area contributed by atoms with Gasteiger partial charge in [0.15, 0.2) is 5.11 Å². The van der Waals surface area contributed by atoms with Crippen LogP contribution in [0.2, 0.25) is 0 Å². The van der Waals surface area contributed by atoms with Crippen molar-refractivity contribution < 1.29 is 0 Å². The summed E-state index contributed by atoms with van der Waals surface area (Å²) in [6.07, 6.45) is 6.17. The van der Waals surface area contributed by atoms with Crippen LogP contribution in [0.15, 0.2) is 30.3 Å². The quantitative estimate of drug-likeness (QED) is 0.819. The van der Waals surface area contributed by atoms with Gasteiger partial charge in [-0.2, -0.15) is 0 Å². The van der Waals surface area contributed by atoms with Gasteiger partial charge in [-0.3, -0.25) is 0 Å². The van der Waals surface area contributed by atoms with Gasteiger partial charge >= 0.3 is 0 Å². The third-order valence-corrected chi connectivity index (χ3v) is 3.82. The molecule has 0 aliphatic heterocycles. The molecule has 1 fully saturated rings. The molecule has 1 aliphatic carbocycles. The second kappa shape index (κ2) is 6.74. The Labute approximate surface area is 115 Å². The van der Waals surface area contributed by atoms with Crippen LogP contribution in [0.1, 0.15) is 31.2 Å². The van der Waals surface area contributed by atoms with Crippen LogP contribution in [-0.2, 0) is 6.42 Å². The molecular formula is C15H21N2S. The molecule has 97 valence electrons. The van der Waals surface area contributed by atoms with Crippen LogP contribution in [0.3, 0.4) is 0 Å². The Morgan fingerprint density at radius 1 is 1.22 bits per heavy atom. The van der Waals surface area contributed by atoms with Crippen molar-refractivity contribution in [3.8, 4) is 0 Å². The van der Waals surface area contributed by atoms with E-state index in [0.717, 1.165) is 18.9 Å². The number of nitrogens with two attached hydrogens (primary N) is 1. The summed E-state index contributed by atoms with van der Waals surface area (Å²) in [6, 6.07) is 10.7. The molecule has 3 heteroatoms. The lowest BCUT2D eigenvalue weighted by atomic mass is 9.79. The standard InChI is InChI=1S/C15H21N2S/c16-15(18)17-11-14-8-6-13(7-9-14)10-12-4-2-1-3-5-12/h1-5,14H,6-11H2,(H3,16,17,18). The fourth-order valence-corrected chi connectivity index (χ4v) is 2.68. The maximum Gasteiger partial charge on any atom is 0.163 e. The van der Waals surface area contributed by atoms with Gasteiger partial charge in [-0.15, -0.1) is 0 Å². The predicted molar refractivity (Wildman–Crippen MR) is 80.1 cm³/mol.